The Kier molecular flexibility index (Phi) is 5.39. The summed E-state index contributed by atoms with van der Waals surface area (Å²) in [5.41, 5.74) is 3.84. The molecule has 1 aromatic heterocycles. The summed E-state index contributed by atoms with van der Waals surface area (Å²) in [7, 11) is 1.73. The molecule has 0 saturated heterocycles. The van der Waals surface area contributed by atoms with E-state index in [1.165, 1.54) is 22.2 Å². The number of hydrogen-bond donors (Lipinski definition) is 1. The zero-order chi connectivity index (χ0) is 14.4. The Hall–Kier alpha value is -1.58. The minimum absolute atomic E-state index is 0.738. The standard InChI is InChI=1S/C17H24N2O/c1-4-14(2)13-19-16(12-18-9-10-20-3)11-15-7-5-6-8-17(15)19/h5-8,11,18H,2,4,9-10,12-13H2,1,3H3. The molecule has 1 heterocycles. The van der Waals surface area contributed by atoms with Gasteiger partial charge >= 0.3 is 0 Å². The summed E-state index contributed by atoms with van der Waals surface area (Å²) in [5.74, 6) is 0. The lowest BCUT2D eigenvalue weighted by molar-refractivity contribution is 0.199. The van der Waals surface area contributed by atoms with E-state index in [4.69, 9.17) is 4.74 Å². The van der Waals surface area contributed by atoms with Crippen LogP contribution in [0.2, 0.25) is 0 Å². The maximum Gasteiger partial charge on any atom is 0.0587 e. The molecule has 0 radical (unpaired) electrons. The van der Waals surface area contributed by atoms with Crippen LogP contribution in [0.5, 0.6) is 0 Å². The third kappa shape index (κ3) is 3.50. The molecule has 20 heavy (non-hydrogen) atoms. The van der Waals surface area contributed by atoms with Crippen molar-refractivity contribution in [3.63, 3.8) is 0 Å². The number of ether oxygens (including phenoxy) is 1. The number of methoxy groups -OCH3 is 1. The minimum Gasteiger partial charge on any atom is -0.383 e. The van der Waals surface area contributed by atoms with Gasteiger partial charge in [0.05, 0.1) is 6.61 Å². The molecule has 0 amide bonds. The van der Waals surface area contributed by atoms with E-state index in [2.05, 4.69) is 53.7 Å². The molecule has 108 valence electrons. The fourth-order valence-electron chi connectivity index (χ4n) is 2.33. The van der Waals surface area contributed by atoms with Crippen molar-refractivity contribution in [3.8, 4) is 0 Å². The van der Waals surface area contributed by atoms with Gasteiger partial charge in [-0.1, -0.05) is 37.3 Å². The van der Waals surface area contributed by atoms with Crippen molar-refractivity contribution in [3.05, 3.63) is 48.2 Å². The van der Waals surface area contributed by atoms with Gasteiger partial charge in [0, 0.05) is 38.0 Å². The molecule has 0 atom stereocenters. The molecule has 0 aliphatic carbocycles. The maximum atomic E-state index is 5.07. The normalized spacial score (nSPS) is 11.1. The largest absolute Gasteiger partial charge is 0.383 e. The Labute approximate surface area is 121 Å². The number of nitrogens with one attached hydrogen (secondary N) is 1. The summed E-state index contributed by atoms with van der Waals surface area (Å²) < 4.78 is 7.43. The molecular formula is C17H24N2O. The van der Waals surface area contributed by atoms with Crippen LogP contribution in [0.25, 0.3) is 10.9 Å². The molecule has 3 nitrogen and oxygen atoms in total. The first-order valence-electron chi connectivity index (χ1n) is 7.19. The molecule has 0 unspecified atom stereocenters. The molecule has 0 aliphatic heterocycles. The van der Waals surface area contributed by atoms with E-state index in [0.717, 1.165) is 32.7 Å². The second-order valence-electron chi connectivity index (χ2n) is 5.05. The third-order valence-electron chi connectivity index (χ3n) is 3.57. The highest BCUT2D eigenvalue weighted by Gasteiger charge is 2.08. The molecule has 0 aliphatic rings. The number of para-hydroxylation sites is 1. The molecule has 1 aromatic carbocycles. The highest BCUT2D eigenvalue weighted by molar-refractivity contribution is 5.81. The monoisotopic (exact) mass is 272 g/mol. The Balaban J connectivity index is 2.22. The van der Waals surface area contributed by atoms with Crippen LogP contribution in [-0.4, -0.2) is 24.8 Å². The first kappa shape index (κ1) is 14.8. The summed E-state index contributed by atoms with van der Waals surface area (Å²) in [6, 6.07) is 10.8. The van der Waals surface area contributed by atoms with Crippen LogP contribution in [0.15, 0.2) is 42.5 Å². The van der Waals surface area contributed by atoms with E-state index in [1.54, 1.807) is 7.11 Å². The van der Waals surface area contributed by atoms with E-state index in [9.17, 15) is 0 Å². The SMILES string of the molecule is C=C(CC)Cn1c(CNCCOC)cc2ccccc21. The fourth-order valence-corrected chi connectivity index (χ4v) is 2.33. The Morgan fingerprint density at radius 2 is 2.15 bits per heavy atom. The van der Waals surface area contributed by atoms with Gasteiger partial charge < -0.3 is 14.6 Å². The highest BCUT2D eigenvalue weighted by atomic mass is 16.5. The number of nitrogens with zero attached hydrogens (tertiary/aromatic N) is 1. The Bertz CT molecular complexity index is 571. The first-order chi connectivity index (χ1) is 9.76. The number of benzene rings is 1. The predicted octanol–water partition coefficient (Wildman–Crippen LogP) is 3.34. The maximum absolute atomic E-state index is 5.07. The topological polar surface area (TPSA) is 26.2 Å². The van der Waals surface area contributed by atoms with Crippen molar-refractivity contribution in [2.75, 3.05) is 20.3 Å². The molecule has 0 spiro atoms. The van der Waals surface area contributed by atoms with Gasteiger partial charge in [-0.05, 0) is 23.9 Å². The third-order valence-corrected chi connectivity index (χ3v) is 3.57. The van der Waals surface area contributed by atoms with Gasteiger partial charge in [-0.15, -0.1) is 0 Å². The second-order valence-corrected chi connectivity index (χ2v) is 5.05. The molecule has 0 fully saturated rings. The van der Waals surface area contributed by atoms with Gasteiger partial charge in [-0.2, -0.15) is 0 Å². The number of fused-ring (bicyclic) bond motifs is 1. The lowest BCUT2D eigenvalue weighted by Crippen LogP contribution is -2.20. The molecule has 3 heteroatoms. The van der Waals surface area contributed by atoms with E-state index >= 15 is 0 Å². The summed E-state index contributed by atoms with van der Waals surface area (Å²) in [6.07, 6.45) is 1.02. The van der Waals surface area contributed by atoms with Crippen molar-refractivity contribution < 1.29 is 4.74 Å². The minimum atomic E-state index is 0.738. The molecule has 0 saturated carbocycles. The van der Waals surface area contributed by atoms with E-state index in [0.29, 0.717) is 0 Å². The molecule has 1 N–H and O–H groups in total. The first-order valence-corrected chi connectivity index (χ1v) is 7.19. The summed E-state index contributed by atoms with van der Waals surface area (Å²) in [5, 5.41) is 4.71. The predicted molar refractivity (Wildman–Crippen MR) is 85.0 cm³/mol. The lowest BCUT2D eigenvalue weighted by Gasteiger charge is -2.12. The molecule has 2 rings (SSSR count). The van der Waals surface area contributed by atoms with Crippen LogP contribution in [0, 0.1) is 0 Å². The van der Waals surface area contributed by atoms with E-state index in [-0.39, 0.29) is 0 Å². The van der Waals surface area contributed by atoms with Gasteiger partial charge in [0.25, 0.3) is 0 Å². The second kappa shape index (κ2) is 7.27. The lowest BCUT2D eigenvalue weighted by atomic mass is 10.2. The van der Waals surface area contributed by atoms with Crippen LogP contribution in [-0.2, 0) is 17.8 Å². The van der Waals surface area contributed by atoms with Gasteiger partial charge in [-0.25, -0.2) is 0 Å². The van der Waals surface area contributed by atoms with Crippen LogP contribution in [0.4, 0.5) is 0 Å². The van der Waals surface area contributed by atoms with E-state index in [1.807, 2.05) is 0 Å². The van der Waals surface area contributed by atoms with E-state index < -0.39 is 0 Å². The van der Waals surface area contributed by atoms with Crippen molar-refractivity contribution in [2.45, 2.75) is 26.4 Å². The van der Waals surface area contributed by atoms with Crippen molar-refractivity contribution in [1.29, 1.82) is 0 Å². The fraction of sp³-hybridized carbons (Fsp3) is 0.412. The van der Waals surface area contributed by atoms with Crippen LogP contribution >= 0.6 is 0 Å². The molecule has 0 bridgehead atoms. The number of allylic oxidation sites excluding steroid dienone is 1. The zero-order valence-electron chi connectivity index (χ0n) is 12.5. The summed E-state index contributed by atoms with van der Waals surface area (Å²) >= 11 is 0. The van der Waals surface area contributed by atoms with Crippen LogP contribution in [0.1, 0.15) is 19.0 Å². The smallest absolute Gasteiger partial charge is 0.0587 e. The quantitative estimate of drug-likeness (QED) is 0.589. The van der Waals surface area contributed by atoms with Gasteiger partial charge in [0.1, 0.15) is 0 Å². The van der Waals surface area contributed by atoms with Crippen molar-refractivity contribution in [1.82, 2.24) is 9.88 Å². The zero-order valence-corrected chi connectivity index (χ0v) is 12.5. The van der Waals surface area contributed by atoms with Crippen LogP contribution < -0.4 is 5.32 Å². The Morgan fingerprint density at radius 1 is 1.35 bits per heavy atom. The van der Waals surface area contributed by atoms with Gasteiger partial charge in [0.15, 0.2) is 0 Å². The number of hydrogen-bond acceptors (Lipinski definition) is 2. The summed E-state index contributed by atoms with van der Waals surface area (Å²) in [6.45, 7) is 9.66. The van der Waals surface area contributed by atoms with Gasteiger partial charge in [0.2, 0.25) is 0 Å². The van der Waals surface area contributed by atoms with Crippen molar-refractivity contribution in [2.24, 2.45) is 0 Å². The number of rotatable bonds is 8. The average Bonchev–Trinajstić information content (AvgIpc) is 2.81. The number of aromatic nitrogens is 1. The molecular weight excluding hydrogens is 248 g/mol. The molecule has 2 aromatic rings. The Morgan fingerprint density at radius 3 is 2.90 bits per heavy atom. The highest BCUT2D eigenvalue weighted by Crippen LogP contribution is 2.21. The average molecular weight is 272 g/mol. The van der Waals surface area contributed by atoms with Crippen LogP contribution in [0.3, 0.4) is 0 Å². The van der Waals surface area contributed by atoms with Crippen molar-refractivity contribution >= 4 is 10.9 Å². The van der Waals surface area contributed by atoms with Gasteiger partial charge in [-0.3, -0.25) is 0 Å². The summed E-state index contributed by atoms with van der Waals surface area (Å²) in [4.78, 5) is 0.